The molecule has 6 heteroatoms. The number of nitrogens with zero attached hydrogens (tertiary/aromatic N) is 4. The third kappa shape index (κ3) is 2.97. The fourth-order valence-electron chi connectivity index (χ4n) is 1.51. The van der Waals surface area contributed by atoms with Crippen molar-refractivity contribution in [3.05, 3.63) is 28.0 Å². The molecule has 2 aromatic rings. The summed E-state index contributed by atoms with van der Waals surface area (Å²) in [6.07, 6.45) is 1.75. The number of nitrogens with one attached hydrogen (secondary N) is 1. The number of aromatic nitrogens is 4. The van der Waals surface area contributed by atoms with Crippen molar-refractivity contribution < 1.29 is 0 Å². The van der Waals surface area contributed by atoms with Crippen LogP contribution in [0.5, 0.6) is 0 Å². The van der Waals surface area contributed by atoms with Gasteiger partial charge in [0.05, 0.1) is 29.1 Å². The van der Waals surface area contributed by atoms with Crippen LogP contribution in [0.15, 0.2) is 10.9 Å². The van der Waals surface area contributed by atoms with Crippen LogP contribution in [0.25, 0.3) is 0 Å². The average molecular weight is 249 g/mol. The zero-order valence-corrected chi connectivity index (χ0v) is 10.8. The zero-order chi connectivity index (χ0) is 12.1. The number of aryl methyl sites for hydroxylation is 2. The van der Waals surface area contributed by atoms with Crippen LogP contribution < -0.4 is 5.32 Å². The fraction of sp³-hybridized carbons (Fsp3) is 0.455. The minimum Gasteiger partial charge on any atom is -0.347 e. The lowest BCUT2D eigenvalue weighted by Gasteiger charge is -2.06. The van der Waals surface area contributed by atoms with E-state index in [2.05, 4.69) is 39.3 Å². The third-order valence-corrected chi connectivity index (χ3v) is 3.06. The second-order valence-electron chi connectivity index (χ2n) is 3.57. The van der Waals surface area contributed by atoms with Gasteiger partial charge in [-0.15, -0.1) is 16.4 Å². The Bertz CT molecular complexity index is 469. The van der Waals surface area contributed by atoms with Crippen LogP contribution in [0.2, 0.25) is 0 Å². The summed E-state index contributed by atoms with van der Waals surface area (Å²) in [7, 11) is 0. The van der Waals surface area contributed by atoms with Gasteiger partial charge in [0.1, 0.15) is 0 Å². The molecule has 5 nitrogen and oxygen atoms in total. The van der Waals surface area contributed by atoms with Crippen LogP contribution in [-0.4, -0.2) is 20.2 Å². The van der Waals surface area contributed by atoms with Crippen molar-refractivity contribution in [2.75, 3.05) is 5.32 Å². The molecule has 0 atom stereocenters. The van der Waals surface area contributed by atoms with Gasteiger partial charge in [0.2, 0.25) is 5.95 Å². The van der Waals surface area contributed by atoms with E-state index in [-0.39, 0.29) is 0 Å². The molecule has 0 fully saturated rings. The summed E-state index contributed by atoms with van der Waals surface area (Å²) in [5, 5.41) is 13.4. The van der Waals surface area contributed by atoms with Gasteiger partial charge in [-0.05, 0) is 12.8 Å². The highest BCUT2D eigenvalue weighted by atomic mass is 32.1. The van der Waals surface area contributed by atoms with Crippen LogP contribution in [0.3, 0.4) is 0 Å². The SMILES string of the molecule is CCc1nnc(NCc2cscn2)nc1CC. The minimum absolute atomic E-state index is 0.576. The van der Waals surface area contributed by atoms with Gasteiger partial charge >= 0.3 is 0 Å². The molecule has 0 unspecified atom stereocenters. The molecule has 90 valence electrons. The maximum absolute atomic E-state index is 4.45. The summed E-state index contributed by atoms with van der Waals surface area (Å²) in [6, 6.07) is 0. The molecule has 0 spiro atoms. The Hall–Kier alpha value is -1.56. The highest BCUT2D eigenvalue weighted by Gasteiger charge is 2.05. The molecule has 2 rings (SSSR count). The van der Waals surface area contributed by atoms with Gasteiger partial charge in [-0.3, -0.25) is 0 Å². The molecule has 0 aliphatic heterocycles. The minimum atomic E-state index is 0.576. The van der Waals surface area contributed by atoms with E-state index in [9.17, 15) is 0 Å². The Labute approximate surface area is 104 Å². The van der Waals surface area contributed by atoms with Gasteiger partial charge in [0.15, 0.2) is 0 Å². The lowest BCUT2D eigenvalue weighted by molar-refractivity contribution is 0.818. The Balaban J connectivity index is 2.06. The van der Waals surface area contributed by atoms with Gasteiger partial charge in [-0.1, -0.05) is 13.8 Å². The van der Waals surface area contributed by atoms with Crippen molar-refractivity contribution in [2.45, 2.75) is 33.2 Å². The monoisotopic (exact) mass is 249 g/mol. The van der Waals surface area contributed by atoms with Gasteiger partial charge in [0.25, 0.3) is 0 Å². The van der Waals surface area contributed by atoms with Crippen molar-refractivity contribution in [1.82, 2.24) is 20.2 Å². The molecule has 0 amide bonds. The molecular formula is C11H15N5S. The van der Waals surface area contributed by atoms with Crippen LogP contribution in [-0.2, 0) is 19.4 Å². The van der Waals surface area contributed by atoms with E-state index >= 15 is 0 Å². The smallest absolute Gasteiger partial charge is 0.243 e. The maximum Gasteiger partial charge on any atom is 0.243 e. The zero-order valence-electron chi connectivity index (χ0n) is 9.97. The number of hydrogen-bond donors (Lipinski definition) is 1. The summed E-state index contributed by atoms with van der Waals surface area (Å²) in [4.78, 5) is 8.64. The molecule has 0 bridgehead atoms. The highest BCUT2D eigenvalue weighted by Crippen LogP contribution is 2.08. The Kier molecular flexibility index (Phi) is 3.98. The maximum atomic E-state index is 4.45. The molecular weight excluding hydrogens is 234 g/mol. The molecule has 0 aliphatic carbocycles. The molecule has 0 saturated carbocycles. The first-order valence-electron chi connectivity index (χ1n) is 5.66. The summed E-state index contributed by atoms with van der Waals surface area (Å²) in [5.74, 6) is 0.576. The van der Waals surface area contributed by atoms with Crippen molar-refractivity contribution >= 4 is 17.3 Å². The first kappa shape index (κ1) is 11.9. The number of hydrogen-bond acceptors (Lipinski definition) is 6. The van der Waals surface area contributed by atoms with E-state index in [1.807, 2.05) is 10.9 Å². The van der Waals surface area contributed by atoms with E-state index < -0.39 is 0 Å². The summed E-state index contributed by atoms with van der Waals surface area (Å²) in [5.41, 5.74) is 4.81. The summed E-state index contributed by atoms with van der Waals surface area (Å²) >= 11 is 1.58. The van der Waals surface area contributed by atoms with Crippen molar-refractivity contribution in [1.29, 1.82) is 0 Å². The highest BCUT2D eigenvalue weighted by molar-refractivity contribution is 7.07. The normalized spacial score (nSPS) is 10.5. The number of thiazole rings is 1. The lowest BCUT2D eigenvalue weighted by Crippen LogP contribution is -2.09. The molecule has 2 aromatic heterocycles. The van der Waals surface area contributed by atoms with Crippen molar-refractivity contribution in [3.8, 4) is 0 Å². The molecule has 0 aromatic carbocycles. The first-order valence-corrected chi connectivity index (χ1v) is 6.61. The van der Waals surface area contributed by atoms with Crippen LogP contribution in [0.4, 0.5) is 5.95 Å². The van der Waals surface area contributed by atoms with E-state index in [4.69, 9.17) is 0 Å². The standard InChI is InChI=1S/C11H15N5S/c1-3-9-10(4-2)15-16-11(14-9)12-5-8-6-17-7-13-8/h6-7H,3-5H2,1-2H3,(H,12,14,16). The quantitative estimate of drug-likeness (QED) is 0.878. The molecule has 0 aliphatic rings. The number of anilines is 1. The van der Waals surface area contributed by atoms with E-state index in [0.29, 0.717) is 12.5 Å². The third-order valence-electron chi connectivity index (χ3n) is 2.42. The molecule has 0 radical (unpaired) electrons. The molecule has 0 saturated heterocycles. The fourth-order valence-corrected chi connectivity index (χ4v) is 2.07. The molecule has 17 heavy (non-hydrogen) atoms. The lowest BCUT2D eigenvalue weighted by atomic mass is 10.2. The molecule has 2 heterocycles. The predicted molar refractivity (Wildman–Crippen MR) is 68.0 cm³/mol. The Morgan fingerprint density at radius 2 is 2.00 bits per heavy atom. The van der Waals surface area contributed by atoms with Crippen molar-refractivity contribution in [2.24, 2.45) is 0 Å². The second-order valence-corrected chi connectivity index (χ2v) is 4.29. The van der Waals surface area contributed by atoms with E-state index in [1.165, 1.54) is 0 Å². The van der Waals surface area contributed by atoms with Crippen LogP contribution in [0, 0.1) is 0 Å². The first-order chi connectivity index (χ1) is 8.33. The van der Waals surface area contributed by atoms with Crippen LogP contribution >= 0.6 is 11.3 Å². The largest absolute Gasteiger partial charge is 0.347 e. The summed E-state index contributed by atoms with van der Waals surface area (Å²) < 4.78 is 0. The Morgan fingerprint density at radius 1 is 1.18 bits per heavy atom. The number of rotatable bonds is 5. The second kappa shape index (κ2) is 5.67. The average Bonchev–Trinajstić information content (AvgIpc) is 2.89. The summed E-state index contributed by atoms with van der Waals surface area (Å²) in [6.45, 7) is 4.78. The van der Waals surface area contributed by atoms with Gasteiger partial charge in [0, 0.05) is 5.38 Å². The van der Waals surface area contributed by atoms with Crippen molar-refractivity contribution in [3.63, 3.8) is 0 Å². The molecule has 1 N–H and O–H groups in total. The van der Waals surface area contributed by atoms with E-state index in [1.54, 1.807) is 11.3 Å². The topological polar surface area (TPSA) is 63.6 Å². The van der Waals surface area contributed by atoms with Gasteiger partial charge in [-0.2, -0.15) is 5.10 Å². The van der Waals surface area contributed by atoms with Crippen LogP contribution in [0.1, 0.15) is 30.9 Å². The van der Waals surface area contributed by atoms with E-state index in [0.717, 1.165) is 29.9 Å². The van der Waals surface area contributed by atoms with Gasteiger partial charge < -0.3 is 5.32 Å². The predicted octanol–water partition coefficient (Wildman–Crippen LogP) is 2.06. The van der Waals surface area contributed by atoms with Gasteiger partial charge in [-0.25, -0.2) is 9.97 Å². The Morgan fingerprint density at radius 3 is 2.65 bits per heavy atom.